The van der Waals surface area contributed by atoms with Crippen LogP contribution in [0.1, 0.15) is 40.9 Å². The van der Waals surface area contributed by atoms with Crippen LogP contribution >= 0.6 is 0 Å². The summed E-state index contributed by atoms with van der Waals surface area (Å²) < 4.78 is 0. The molecule has 118 valence electrons. The minimum absolute atomic E-state index is 0.421. The maximum Gasteiger partial charge on any atom is 0.276 e. The topological polar surface area (TPSA) is 77.5 Å². The second-order valence-electron chi connectivity index (χ2n) is 7.29. The molecule has 1 aromatic heterocycles. The van der Waals surface area contributed by atoms with Crippen LogP contribution in [0.4, 0.5) is 0 Å². The quantitative estimate of drug-likeness (QED) is 0.564. The van der Waals surface area contributed by atoms with Crippen LogP contribution in [-0.2, 0) is 13.0 Å². The van der Waals surface area contributed by atoms with Crippen molar-refractivity contribution in [3.8, 4) is 0 Å². The summed E-state index contributed by atoms with van der Waals surface area (Å²) in [7, 11) is 2.07. The predicted octanol–water partition coefficient (Wildman–Crippen LogP) is 0.701. The molecule has 0 atom stereocenters. The van der Waals surface area contributed by atoms with E-state index < -0.39 is 5.91 Å². The van der Waals surface area contributed by atoms with Crippen LogP contribution in [-0.4, -0.2) is 46.7 Å². The number of carbonyl (C=O) groups excluding carboxylic acids is 1. The zero-order valence-electron chi connectivity index (χ0n) is 12.9. The summed E-state index contributed by atoms with van der Waals surface area (Å²) >= 11 is 0. The van der Waals surface area contributed by atoms with Crippen molar-refractivity contribution in [2.24, 2.45) is 5.41 Å². The number of fused-ring (bicyclic) bond motifs is 1. The number of aromatic nitrogens is 1. The summed E-state index contributed by atoms with van der Waals surface area (Å²) in [5, 5.41) is 12.2. The molecule has 2 heterocycles. The summed E-state index contributed by atoms with van der Waals surface area (Å²) in [5.74, 6) is -0.496. The molecule has 3 fully saturated rings. The molecule has 3 aliphatic carbocycles. The Balaban J connectivity index is 1.41. The molecule has 0 unspecified atom stereocenters. The first-order chi connectivity index (χ1) is 10.6. The summed E-state index contributed by atoms with van der Waals surface area (Å²) in [4.78, 5) is 18.4. The van der Waals surface area contributed by atoms with Gasteiger partial charge in [0.1, 0.15) is 0 Å². The molecule has 0 radical (unpaired) electrons. The number of hydrogen-bond donors (Lipinski definition) is 3. The third-order valence-corrected chi connectivity index (χ3v) is 5.72. The van der Waals surface area contributed by atoms with Gasteiger partial charge in [-0.05, 0) is 49.8 Å². The average molecular weight is 302 g/mol. The Kier molecular flexibility index (Phi) is 3.04. The van der Waals surface area contributed by atoms with Crippen molar-refractivity contribution in [2.75, 3.05) is 20.1 Å². The SMILES string of the molecule is CNC12CC(CN3CCc4cc(C(=O)NO)cnc4C3)(C1)C2. The number of nitrogens with one attached hydrogen (secondary N) is 2. The van der Waals surface area contributed by atoms with Crippen LogP contribution in [0.25, 0.3) is 0 Å². The number of rotatable bonds is 4. The van der Waals surface area contributed by atoms with Crippen LogP contribution < -0.4 is 10.8 Å². The highest BCUT2D eigenvalue weighted by molar-refractivity contribution is 5.93. The van der Waals surface area contributed by atoms with Gasteiger partial charge in [-0.25, -0.2) is 5.48 Å². The van der Waals surface area contributed by atoms with Crippen LogP contribution in [0.2, 0.25) is 0 Å². The zero-order chi connectivity index (χ0) is 15.4. The maximum absolute atomic E-state index is 11.4. The molecule has 4 aliphatic rings. The van der Waals surface area contributed by atoms with E-state index in [0.717, 1.165) is 37.3 Å². The molecule has 1 aliphatic heterocycles. The third kappa shape index (κ3) is 2.06. The summed E-state index contributed by atoms with van der Waals surface area (Å²) in [6.45, 7) is 3.05. The van der Waals surface area contributed by atoms with E-state index in [1.807, 2.05) is 6.07 Å². The summed E-state index contributed by atoms with van der Waals surface area (Å²) in [5.41, 5.74) is 5.27. The van der Waals surface area contributed by atoms with Crippen molar-refractivity contribution in [3.63, 3.8) is 0 Å². The number of hydroxylamine groups is 1. The van der Waals surface area contributed by atoms with Gasteiger partial charge in [-0.3, -0.25) is 19.9 Å². The van der Waals surface area contributed by atoms with Gasteiger partial charge >= 0.3 is 0 Å². The van der Waals surface area contributed by atoms with E-state index in [9.17, 15) is 4.79 Å². The largest absolute Gasteiger partial charge is 0.314 e. The van der Waals surface area contributed by atoms with Crippen LogP contribution in [0.5, 0.6) is 0 Å². The number of amides is 1. The monoisotopic (exact) mass is 302 g/mol. The first kappa shape index (κ1) is 14.1. The number of hydrogen-bond acceptors (Lipinski definition) is 5. The second kappa shape index (κ2) is 4.75. The standard InChI is InChI=1S/C16H22N4O2/c1-17-16-7-15(8-16,9-16)10-20-3-2-11-4-12(14(21)19-22)5-18-13(11)6-20/h4-5,17,22H,2-3,6-10H2,1H3,(H,19,21). The van der Waals surface area contributed by atoms with E-state index in [1.165, 1.54) is 19.3 Å². The molecule has 3 N–H and O–H groups in total. The van der Waals surface area contributed by atoms with Gasteiger partial charge in [-0.2, -0.15) is 0 Å². The molecule has 2 bridgehead atoms. The van der Waals surface area contributed by atoms with Crippen LogP contribution in [0.3, 0.4) is 0 Å². The van der Waals surface area contributed by atoms with Crippen LogP contribution in [0.15, 0.2) is 12.3 Å². The van der Waals surface area contributed by atoms with Crippen molar-refractivity contribution in [2.45, 2.75) is 37.8 Å². The summed E-state index contributed by atoms with van der Waals surface area (Å²) in [6, 6.07) is 1.85. The molecule has 0 saturated heterocycles. The van der Waals surface area contributed by atoms with Crippen molar-refractivity contribution >= 4 is 5.91 Å². The molecule has 3 saturated carbocycles. The fraction of sp³-hybridized carbons (Fsp3) is 0.625. The normalized spacial score (nSPS) is 32.6. The van der Waals surface area contributed by atoms with Gasteiger partial charge in [0.15, 0.2) is 0 Å². The van der Waals surface area contributed by atoms with Gasteiger partial charge in [0.2, 0.25) is 0 Å². The molecule has 1 amide bonds. The van der Waals surface area contributed by atoms with Crippen molar-refractivity contribution in [1.29, 1.82) is 0 Å². The highest BCUT2D eigenvalue weighted by Crippen LogP contribution is 2.67. The van der Waals surface area contributed by atoms with E-state index in [2.05, 4.69) is 22.2 Å². The Hall–Kier alpha value is -1.50. The molecule has 1 aromatic rings. The molecule has 6 heteroatoms. The highest BCUT2D eigenvalue weighted by atomic mass is 16.5. The smallest absolute Gasteiger partial charge is 0.276 e. The summed E-state index contributed by atoms with van der Waals surface area (Å²) in [6.07, 6.45) is 6.39. The third-order valence-electron chi connectivity index (χ3n) is 5.72. The van der Waals surface area contributed by atoms with E-state index in [1.54, 1.807) is 11.7 Å². The molecule has 22 heavy (non-hydrogen) atoms. The molecule has 5 rings (SSSR count). The minimum atomic E-state index is -0.496. The lowest BCUT2D eigenvalue weighted by molar-refractivity contribution is -0.165. The van der Waals surface area contributed by atoms with Crippen molar-refractivity contribution in [3.05, 3.63) is 29.1 Å². The minimum Gasteiger partial charge on any atom is -0.314 e. The lowest BCUT2D eigenvalue weighted by atomic mass is 9.39. The van der Waals surface area contributed by atoms with Crippen molar-refractivity contribution < 1.29 is 10.0 Å². The Morgan fingerprint density at radius 1 is 1.45 bits per heavy atom. The Bertz CT molecular complexity index is 611. The van der Waals surface area contributed by atoms with Gasteiger partial charge in [-0.1, -0.05) is 0 Å². The number of pyridine rings is 1. The first-order valence-electron chi connectivity index (χ1n) is 7.91. The van der Waals surface area contributed by atoms with Gasteiger partial charge in [-0.15, -0.1) is 0 Å². The Morgan fingerprint density at radius 3 is 2.91 bits per heavy atom. The van der Waals surface area contributed by atoms with Crippen LogP contribution in [0, 0.1) is 5.41 Å². The van der Waals surface area contributed by atoms with E-state index in [-0.39, 0.29) is 0 Å². The number of carbonyl (C=O) groups is 1. The predicted molar refractivity (Wildman–Crippen MR) is 80.5 cm³/mol. The van der Waals surface area contributed by atoms with Gasteiger partial charge in [0.25, 0.3) is 5.91 Å². The fourth-order valence-electron chi connectivity index (χ4n) is 4.70. The molecular weight excluding hydrogens is 280 g/mol. The molecule has 0 spiro atoms. The molecule has 6 nitrogen and oxygen atoms in total. The lowest BCUT2D eigenvalue weighted by Crippen LogP contribution is -2.75. The second-order valence-corrected chi connectivity index (χ2v) is 7.29. The Morgan fingerprint density at radius 2 is 2.23 bits per heavy atom. The number of nitrogens with zero attached hydrogens (tertiary/aromatic N) is 2. The van der Waals surface area contributed by atoms with E-state index >= 15 is 0 Å². The Labute approximate surface area is 129 Å². The first-order valence-corrected chi connectivity index (χ1v) is 7.91. The average Bonchev–Trinajstić information content (AvgIpc) is 2.48. The lowest BCUT2D eigenvalue weighted by Gasteiger charge is -2.71. The van der Waals surface area contributed by atoms with E-state index in [4.69, 9.17) is 5.21 Å². The molecular formula is C16H22N4O2. The van der Waals surface area contributed by atoms with Gasteiger partial charge in [0, 0.05) is 31.4 Å². The van der Waals surface area contributed by atoms with Gasteiger partial charge in [0.05, 0.1) is 11.3 Å². The zero-order valence-corrected chi connectivity index (χ0v) is 12.9. The van der Waals surface area contributed by atoms with E-state index in [0.29, 0.717) is 16.5 Å². The van der Waals surface area contributed by atoms with Crippen molar-refractivity contribution in [1.82, 2.24) is 20.7 Å². The fourth-order valence-corrected chi connectivity index (χ4v) is 4.70. The van der Waals surface area contributed by atoms with Gasteiger partial charge < -0.3 is 5.32 Å². The molecule has 0 aromatic carbocycles. The highest BCUT2D eigenvalue weighted by Gasteiger charge is 2.67. The maximum atomic E-state index is 11.4.